The minimum Gasteiger partial charge on any atom is -0.493 e. The maximum atomic E-state index is 12.1. The van der Waals surface area contributed by atoms with Crippen LogP contribution < -0.4 is 9.47 Å². The monoisotopic (exact) mass is 267 g/mol. The summed E-state index contributed by atoms with van der Waals surface area (Å²) in [5, 5.41) is 8.89. The highest BCUT2D eigenvalue weighted by atomic mass is 16.5. The molecule has 1 N–H and O–H groups in total. The molecule has 1 amide bonds. The molecule has 0 aromatic heterocycles. The largest absolute Gasteiger partial charge is 0.493 e. The van der Waals surface area contributed by atoms with Gasteiger partial charge in [-0.05, 0) is 25.1 Å². The molecule has 6 heteroatoms. The first kappa shape index (κ1) is 14.8. The smallest absolute Gasteiger partial charge is 0.326 e. The van der Waals surface area contributed by atoms with Gasteiger partial charge in [0.1, 0.15) is 6.04 Å². The number of hydrogen-bond donors (Lipinski definition) is 1. The van der Waals surface area contributed by atoms with E-state index in [0.29, 0.717) is 17.1 Å². The molecule has 1 unspecified atom stereocenters. The average Bonchev–Trinajstić information content (AvgIpc) is 2.43. The summed E-state index contributed by atoms with van der Waals surface area (Å²) in [7, 11) is 4.41. The second-order valence-corrected chi connectivity index (χ2v) is 4.00. The number of rotatable bonds is 5. The standard InChI is InChI=1S/C13H17NO5/c1-8(13(16)17)14(2)12(15)9-5-6-10(18-3)11(7-9)19-4/h5-8H,1-4H3,(H,16,17). The molecule has 1 aromatic rings. The van der Waals surface area contributed by atoms with E-state index in [1.165, 1.54) is 34.3 Å². The number of carbonyl (C=O) groups is 2. The van der Waals surface area contributed by atoms with Gasteiger partial charge in [-0.15, -0.1) is 0 Å². The number of likely N-dealkylation sites (N-methyl/N-ethyl adjacent to an activating group) is 1. The van der Waals surface area contributed by atoms with Crippen molar-refractivity contribution in [1.82, 2.24) is 4.90 Å². The minimum atomic E-state index is -1.06. The van der Waals surface area contributed by atoms with Crippen LogP contribution in [0.4, 0.5) is 0 Å². The van der Waals surface area contributed by atoms with E-state index in [9.17, 15) is 9.59 Å². The third-order valence-electron chi connectivity index (χ3n) is 2.89. The molecular formula is C13H17NO5. The van der Waals surface area contributed by atoms with E-state index < -0.39 is 17.9 Å². The van der Waals surface area contributed by atoms with Crippen LogP contribution in [-0.2, 0) is 4.79 Å². The lowest BCUT2D eigenvalue weighted by Crippen LogP contribution is -2.40. The first-order valence-corrected chi connectivity index (χ1v) is 5.64. The Kier molecular flexibility index (Phi) is 4.74. The van der Waals surface area contributed by atoms with E-state index in [1.807, 2.05) is 0 Å². The van der Waals surface area contributed by atoms with Crippen LogP contribution in [0, 0.1) is 0 Å². The minimum absolute atomic E-state index is 0.341. The van der Waals surface area contributed by atoms with Crippen LogP contribution in [0.3, 0.4) is 0 Å². The number of carboxylic acid groups (broad SMARTS) is 1. The molecule has 0 aliphatic heterocycles. The van der Waals surface area contributed by atoms with Crippen molar-refractivity contribution in [1.29, 1.82) is 0 Å². The van der Waals surface area contributed by atoms with Gasteiger partial charge in [0.25, 0.3) is 5.91 Å². The SMILES string of the molecule is COc1ccc(C(=O)N(C)C(C)C(=O)O)cc1OC. The van der Waals surface area contributed by atoms with Crippen molar-refractivity contribution in [3.05, 3.63) is 23.8 Å². The van der Waals surface area contributed by atoms with Crippen LogP contribution in [-0.4, -0.2) is 49.2 Å². The Morgan fingerprint density at radius 1 is 1.21 bits per heavy atom. The van der Waals surface area contributed by atoms with E-state index >= 15 is 0 Å². The van der Waals surface area contributed by atoms with E-state index in [0.717, 1.165) is 4.90 Å². The zero-order valence-electron chi connectivity index (χ0n) is 11.3. The fourth-order valence-electron chi connectivity index (χ4n) is 1.51. The maximum absolute atomic E-state index is 12.1. The fraction of sp³-hybridized carbons (Fsp3) is 0.385. The number of ether oxygens (including phenoxy) is 2. The van der Waals surface area contributed by atoms with E-state index in [2.05, 4.69) is 0 Å². The number of nitrogens with zero attached hydrogens (tertiary/aromatic N) is 1. The van der Waals surface area contributed by atoms with Crippen molar-refractivity contribution in [2.45, 2.75) is 13.0 Å². The van der Waals surface area contributed by atoms with Gasteiger partial charge >= 0.3 is 5.97 Å². The van der Waals surface area contributed by atoms with Crippen molar-refractivity contribution in [2.75, 3.05) is 21.3 Å². The second kappa shape index (κ2) is 6.08. The first-order chi connectivity index (χ1) is 8.92. The van der Waals surface area contributed by atoms with Gasteiger partial charge in [0, 0.05) is 12.6 Å². The molecule has 0 fully saturated rings. The van der Waals surface area contributed by atoms with Gasteiger partial charge in [0.15, 0.2) is 11.5 Å². The summed E-state index contributed by atoms with van der Waals surface area (Å²) in [6.07, 6.45) is 0. The molecule has 0 saturated heterocycles. The summed E-state index contributed by atoms with van der Waals surface area (Å²) in [4.78, 5) is 24.1. The Balaban J connectivity index is 3.03. The van der Waals surface area contributed by atoms with Crippen LogP contribution in [0.1, 0.15) is 17.3 Å². The third-order valence-corrected chi connectivity index (χ3v) is 2.89. The molecule has 1 aromatic carbocycles. The third kappa shape index (κ3) is 3.15. The van der Waals surface area contributed by atoms with Crippen molar-refractivity contribution >= 4 is 11.9 Å². The second-order valence-electron chi connectivity index (χ2n) is 4.00. The predicted molar refractivity (Wildman–Crippen MR) is 68.7 cm³/mol. The molecule has 1 atom stereocenters. The van der Waals surface area contributed by atoms with Gasteiger partial charge in [-0.1, -0.05) is 0 Å². The summed E-state index contributed by atoms with van der Waals surface area (Å²) in [6, 6.07) is 3.78. The lowest BCUT2D eigenvalue weighted by Gasteiger charge is -2.21. The summed E-state index contributed by atoms with van der Waals surface area (Å²) in [5.41, 5.74) is 0.341. The Hall–Kier alpha value is -2.24. The van der Waals surface area contributed by atoms with Gasteiger partial charge in [0.2, 0.25) is 0 Å². The van der Waals surface area contributed by atoms with Crippen LogP contribution in [0.25, 0.3) is 0 Å². The number of carboxylic acids is 1. The number of carbonyl (C=O) groups excluding carboxylic acids is 1. The molecule has 0 saturated carbocycles. The molecule has 0 spiro atoms. The van der Waals surface area contributed by atoms with Gasteiger partial charge in [0.05, 0.1) is 14.2 Å². The molecule has 0 heterocycles. The lowest BCUT2D eigenvalue weighted by molar-refractivity contribution is -0.141. The highest BCUT2D eigenvalue weighted by Crippen LogP contribution is 2.28. The molecule has 104 valence electrons. The van der Waals surface area contributed by atoms with E-state index in [1.54, 1.807) is 12.1 Å². The van der Waals surface area contributed by atoms with Crippen LogP contribution in [0.5, 0.6) is 11.5 Å². The lowest BCUT2D eigenvalue weighted by atomic mass is 10.1. The van der Waals surface area contributed by atoms with Crippen LogP contribution in [0.15, 0.2) is 18.2 Å². The molecule has 0 radical (unpaired) electrons. The number of amides is 1. The Labute approximate surface area is 111 Å². The van der Waals surface area contributed by atoms with Crippen molar-refractivity contribution < 1.29 is 24.2 Å². The van der Waals surface area contributed by atoms with Gasteiger partial charge in [-0.25, -0.2) is 4.79 Å². The van der Waals surface area contributed by atoms with Gasteiger partial charge < -0.3 is 19.5 Å². The van der Waals surface area contributed by atoms with Gasteiger partial charge in [-0.2, -0.15) is 0 Å². The molecule has 1 rings (SSSR count). The highest BCUT2D eigenvalue weighted by molar-refractivity contribution is 5.96. The first-order valence-electron chi connectivity index (χ1n) is 5.64. The maximum Gasteiger partial charge on any atom is 0.326 e. The zero-order valence-corrected chi connectivity index (χ0v) is 11.3. The Morgan fingerprint density at radius 2 is 1.79 bits per heavy atom. The molecular weight excluding hydrogens is 250 g/mol. The molecule has 0 bridgehead atoms. The topological polar surface area (TPSA) is 76.1 Å². The summed E-state index contributed by atoms with van der Waals surface area (Å²) in [5.74, 6) is -0.523. The normalized spacial score (nSPS) is 11.6. The summed E-state index contributed by atoms with van der Waals surface area (Å²) < 4.78 is 10.2. The molecule has 19 heavy (non-hydrogen) atoms. The summed E-state index contributed by atoms with van der Waals surface area (Å²) in [6.45, 7) is 1.45. The van der Waals surface area contributed by atoms with Gasteiger partial charge in [-0.3, -0.25) is 4.79 Å². The van der Waals surface area contributed by atoms with Crippen LogP contribution in [0.2, 0.25) is 0 Å². The quantitative estimate of drug-likeness (QED) is 0.868. The molecule has 0 aliphatic rings. The average molecular weight is 267 g/mol. The number of methoxy groups -OCH3 is 2. The van der Waals surface area contributed by atoms with Crippen molar-refractivity contribution in [3.8, 4) is 11.5 Å². The Morgan fingerprint density at radius 3 is 2.26 bits per heavy atom. The zero-order chi connectivity index (χ0) is 14.6. The summed E-state index contributed by atoms with van der Waals surface area (Å²) >= 11 is 0. The highest BCUT2D eigenvalue weighted by Gasteiger charge is 2.23. The fourth-order valence-corrected chi connectivity index (χ4v) is 1.51. The van der Waals surface area contributed by atoms with Crippen molar-refractivity contribution in [2.24, 2.45) is 0 Å². The van der Waals surface area contributed by atoms with E-state index in [4.69, 9.17) is 14.6 Å². The predicted octanol–water partition coefficient (Wildman–Crippen LogP) is 1.25. The molecule has 6 nitrogen and oxygen atoms in total. The molecule has 0 aliphatic carbocycles. The Bertz CT molecular complexity index is 486. The van der Waals surface area contributed by atoms with E-state index in [-0.39, 0.29) is 0 Å². The number of benzene rings is 1. The van der Waals surface area contributed by atoms with Crippen molar-refractivity contribution in [3.63, 3.8) is 0 Å². The number of hydrogen-bond acceptors (Lipinski definition) is 4. The van der Waals surface area contributed by atoms with Crippen LogP contribution >= 0.6 is 0 Å². The number of aliphatic carboxylic acids is 1.